The first-order valence-corrected chi connectivity index (χ1v) is 8.59. The molecule has 0 spiro atoms. The van der Waals surface area contributed by atoms with E-state index in [1.54, 1.807) is 6.21 Å². The number of hydrogen-bond acceptors (Lipinski definition) is 4. The molecule has 5 nitrogen and oxygen atoms in total. The van der Waals surface area contributed by atoms with Crippen molar-refractivity contribution in [3.63, 3.8) is 0 Å². The van der Waals surface area contributed by atoms with E-state index in [-0.39, 0.29) is 5.91 Å². The van der Waals surface area contributed by atoms with E-state index >= 15 is 0 Å². The molecule has 1 aliphatic heterocycles. The maximum absolute atomic E-state index is 11.9. The number of fused-ring (bicyclic) bond motifs is 1. The predicted molar refractivity (Wildman–Crippen MR) is 92.5 cm³/mol. The number of para-hydroxylation sites is 1. The number of aromatic nitrogens is 1. The largest absolute Gasteiger partial charge is 0.358 e. The van der Waals surface area contributed by atoms with Crippen LogP contribution in [0.2, 0.25) is 0 Å². The lowest BCUT2D eigenvalue weighted by molar-refractivity contribution is -0.122. The Kier molecular flexibility index (Phi) is 4.80. The topological polar surface area (TPSA) is 60.5 Å². The number of hydrazone groups is 1. The number of benzene rings is 1. The van der Waals surface area contributed by atoms with Crippen molar-refractivity contribution in [2.75, 3.05) is 31.1 Å². The van der Waals surface area contributed by atoms with Gasteiger partial charge < -0.3 is 4.98 Å². The van der Waals surface area contributed by atoms with E-state index in [4.69, 9.17) is 0 Å². The van der Waals surface area contributed by atoms with Gasteiger partial charge in [-0.3, -0.25) is 9.69 Å². The van der Waals surface area contributed by atoms with Crippen LogP contribution in [0.15, 0.2) is 29.4 Å². The zero-order chi connectivity index (χ0) is 15.4. The second-order valence-electron chi connectivity index (χ2n) is 5.39. The van der Waals surface area contributed by atoms with Crippen molar-refractivity contribution in [1.82, 2.24) is 15.3 Å². The van der Waals surface area contributed by atoms with Crippen molar-refractivity contribution in [3.8, 4) is 0 Å². The molecule has 22 heavy (non-hydrogen) atoms. The fourth-order valence-electron chi connectivity index (χ4n) is 2.63. The SMILES string of the molecule is Cc1[nH]c2ccccc2c1/C=N/NC(=O)CN1CCSCC1. The number of carbonyl (C=O) groups is 1. The summed E-state index contributed by atoms with van der Waals surface area (Å²) in [6, 6.07) is 8.08. The van der Waals surface area contributed by atoms with Gasteiger partial charge in [0.15, 0.2) is 0 Å². The highest BCUT2D eigenvalue weighted by atomic mass is 32.2. The Balaban J connectivity index is 1.61. The summed E-state index contributed by atoms with van der Waals surface area (Å²) in [6.07, 6.45) is 1.72. The van der Waals surface area contributed by atoms with Crippen LogP contribution in [0.3, 0.4) is 0 Å². The lowest BCUT2D eigenvalue weighted by Gasteiger charge is -2.24. The average molecular weight is 316 g/mol. The van der Waals surface area contributed by atoms with E-state index in [2.05, 4.69) is 20.4 Å². The van der Waals surface area contributed by atoms with E-state index in [0.717, 1.165) is 46.8 Å². The Morgan fingerprint density at radius 3 is 3.00 bits per heavy atom. The normalized spacial score (nSPS) is 16.4. The number of H-pyrrole nitrogens is 1. The third-order valence-electron chi connectivity index (χ3n) is 3.80. The number of rotatable bonds is 4. The molecule has 1 aromatic carbocycles. The van der Waals surface area contributed by atoms with Crippen molar-refractivity contribution in [1.29, 1.82) is 0 Å². The van der Waals surface area contributed by atoms with Gasteiger partial charge in [-0.2, -0.15) is 16.9 Å². The fraction of sp³-hybridized carbons (Fsp3) is 0.375. The quantitative estimate of drug-likeness (QED) is 0.670. The zero-order valence-electron chi connectivity index (χ0n) is 12.6. The molecule has 1 aliphatic rings. The predicted octanol–water partition coefficient (Wildman–Crippen LogP) is 1.98. The molecule has 0 bridgehead atoms. The Hall–Kier alpha value is -1.79. The van der Waals surface area contributed by atoms with Crippen LogP contribution in [0.5, 0.6) is 0 Å². The summed E-state index contributed by atoms with van der Waals surface area (Å²) in [4.78, 5) is 17.4. The van der Waals surface area contributed by atoms with Gasteiger partial charge in [0.1, 0.15) is 0 Å². The summed E-state index contributed by atoms with van der Waals surface area (Å²) in [5, 5.41) is 5.23. The molecule has 0 atom stereocenters. The van der Waals surface area contributed by atoms with Crippen LogP contribution in [-0.4, -0.2) is 53.1 Å². The molecule has 2 heterocycles. The lowest BCUT2D eigenvalue weighted by atomic mass is 10.1. The second-order valence-corrected chi connectivity index (χ2v) is 6.62. The maximum Gasteiger partial charge on any atom is 0.254 e. The molecule has 0 radical (unpaired) electrons. The molecule has 1 amide bonds. The molecule has 0 saturated carbocycles. The summed E-state index contributed by atoms with van der Waals surface area (Å²) in [7, 11) is 0. The second kappa shape index (κ2) is 6.98. The number of hydrogen-bond donors (Lipinski definition) is 2. The summed E-state index contributed by atoms with van der Waals surface area (Å²) in [5.74, 6) is 2.15. The molecule has 0 unspecified atom stereocenters. The van der Waals surface area contributed by atoms with E-state index < -0.39 is 0 Å². The van der Waals surface area contributed by atoms with Crippen molar-refractivity contribution >= 4 is 34.8 Å². The van der Waals surface area contributed by atoms with Gasteiger partial charge in [0.05, 0.1) is 12.8 Å². The third-order valence-corrected chi connectivity index (χ3v) is 4.74. The van der Waals surface area contributed by atoms with Crippen LogP contribution >= 0.6 is 11.8 Å². The van der Waals surface area contributed by atoms with Gasteiger partial charge in [0.25, 0.3) is 5.91 Å². The average Bonchev–Trinajstić information content (AvgIpc) is 2.84. The number of carbonyl (C=O) groups excluding carboxylic acids is 1. The molecule has 6 heteroatoms. The maximum atomic E-state index is 11.9. The number of nitrogens with zero attached hydrogens (tertiary/aromatic N) is 2. The summed E-state index contributed by atoms with van der Waals surface area (Å²) < 4.78 is 0. The minimum absolute atomic E-state index is 0.0550. The first-order chi connectivity index (χ1) is 10.7. The van der Waals surface area contributed by atoms with Crippen LogP contribution in [0.25, 0.3) is 10.9 Å². The van der Waals surface area contributed by atoms with Gasteiger partial charge >= 0.3 is 0 Å². The molecule has 0 aliphatic carbocycles. The lowest BCUT2D eigenvalue weighted by Crippen LogP contribution is -2.40. The Morgan fingerprint density at radius 2 is 2.18 bits per heavy atom. The monoisotopic (exact) mass is 316 g/mol. The van der Waals surface area contributed by atoms with Crippen LogP contribution in [0.4, 0.5) is 0 Å². The summed E-state index contributed by atoms with van der Waals surface area (Å²) in [6.45, 7) is 4.38. The Bertz CT molecular complexity index is 689. The zero-order valence-corrected chi connectivity index (χ0v) is 13.4. The van der Waals surface area contributed by atoms with Crippen LogP contribution in [0, 0.1) is 6.92 Å². The molecule has 116 valence electrons. The van der Waals surface area contributed by atoms with E-state index in [1.807, 2.05) is 43.0 Å². The molecular weight excluding hydrogens is 296 g/mol. The van der Waals surface area contributed by atoms with E-state index in [1.165, 1.54) is 0 Å². The van der Waals surface area contributed by atoms with Crippen LogP contribution < -0.4 is 5.43 Å². The van der Waals surface area contributed by atoms with Gasteiger partial charge in [-0.25, -0.2) is 5.43 Å². The molecular formula is C16H20N4OS. The molecule has 3 rings (SSSR count). The van der Waals surface area contributed by atoms with Crippen molar-refractivity contribution < 1.29 is 4.79 Å². The highest BCUT2D eigenvalue weighted by Crippen LogP contribution is 2.19. The van der Waals surface area contributed by atoms with Crippen LogP contribution in [-0.2, 0) is 4.79 Å². The van der Waals surface area contributed by atoms with Crippen molar-refractivity contribution in [3.05, 3.63) is 35.5 Å². The van der Waals surface area contributed by atoms with E-state index in [9.17, 15) is 4.79 Å². The van der Waals surface area contributed by atoms with Gasteiger partial charge in [0.2, 0.25) is 0 Å². The number of amides is 1. The first-order valence-electron chi connectivity index (χ1n) is 7.43. The number of nitrogens with one attached hydrogen (secondary N) is 2. The van der Waals surface area contributed by atoms with E-state index in [0.29, 0.717) is 6.54 Å². The summed E-state index contributed by atoms with van der Waals surface area (Å²) in [5.41, 5.74) is 5.78. The van der Waals surface area contributed by atoms with Gasteiger partial charge in [0, 0.05) is 46.8 Å². The minimum atomic E-state index is -0.0550. The summed E-state index contributed by atoms with van der Waals surface area (Å²) >= 11 is 1.94. The van der Waals surface area contributed by atoms with Gasteiger partial charge in [-0.1, -0.05) is 18.2 Å². The highest BCUT2D eigenvalue weighted by molar-refractivity contribution is 7.99. The number of aromatic amines is 1. The number of thioether (sulfide) groups is 1. The van der Waals surface area contributed by atoms with Gasteiger partial charge in [-0.05, 0) is 13.0 Å². The standard InChI is InChI=1S/C16H20N4OS/c1-12-14(13-4-2-3-5-15(13)18-12)10-17-19-16(21)11-20-6-8-22-9-7-20/h2-5,10,18H,6-9,11H2,1H3,(H,19,21)/b17-10+. The molecule has 2 aromatic rings. The molecule has 2 N–H and O–H groups in total. The fourth-order valence-corrected chi connectivity index (χ4v) is 3.61. The molecule has 1 aromatic heterocycles. The van der Waals surface area contributed by atoms with Crippen molar-refractivity contribution in [2.24, 2.45) is 5.10 Å². The first kappa shape index (κ1) is 15.1. The number of aryl methyl sites for hydroxylation is 1. The molecule has 1 saturated heterocycles. The highest BCUT2D eigenvalue weighted by Gasteiger charge is 2.13. The van der Waals surface area contributed by atoms with Crippen molar-refractivity contribution in [2.45, 2.75) is 6.92 Å². The smallest absolute Gasteiger partial charge is 0.254 e. The van der Waals surface area contributed by atoms with Crippen LogP contribution in [0.1, 0.15) is 11.3 Å². The van der Waals surface area contributed by atoms with Gasteiger partial charge in [-0.15, -0.1) is 0 Å². The Labute approximate surface area is 134 Å². The Morgan fingerprint density at radius 1 is 1.41 bits per heavy atom. The minimum Gasteiger partial charge on any atom is -0.358 e. The third kappa shape index (κ3) is 3.51. The molecule has 1 fully saturated rings.